The van der Waals surface area contributed by atoms with Gasteiger partial charge in [-0.1, -0.05) is 0 Å². The molecule has 1 amide bonds. The Morgan fingerprint density at radius 2 is 1.85 bits per heavy atom. The molecular weight excluding hydrogens is 252 g/mol. The van der Waals surface area contributed by atoms with Crippen molar-refractivity contribution in [1.82, 2.24) is 10.3 Å². The molecule has 4 heteroatoms. The van der Waals surface area contributed by atoms with E-state index in [0.717, 1.165) is 11.3 Å². The summed E-state index contributed by atoms with van der Waals surface area (Å²) in [5, 5.41) is 2.96. The third kappa shape index (κ3) is 3.57. The zero-order chi connectivity index (χ0) is 14.4. The minimum absolute atomic E-state index is 0.0583. The van der Waals surface area contributed by atoms with Crippen LogP contribution in [0.5, 0.6) is 5.75 Å². The van der Waals surface area contributed by atoms with Crippen LogP contribution in [0.1, 0.15) is 35.8 Å². The Morgan fingerprint density at radius 3 is 2.45 bits per heavy atom. The van der Waals surface area contributed by atoms with Crippen molar-refractivity contribution < 1.29 is 9.53 Å². The summed E-state index contributed by atoms with van der Waals surface area (Å²) in [5.41, 5.74) is 1.65. The molecule has 2 rings (SSSR count). The number of pyridine rings is 1. The number of hydrogen-bond acceptors (Lipinski definition) is 3. The molecule has 0 spiro atoms. The molecule has 0 aliphatic carbocycles. The van der Waals surface area contributed by atoms with E-state index in [9.17, 15) is 4.79 Å². The number of benzene rings is 1. The van der Waals surface area contributed by atoms with Crippen LogP contribution in [0, 0.1) is 0 Å². The number of amides is 1. The van der Waals surface area contributed by atoms with E-state index in [4.69, 9.17) is 4.74 Å². The molecule has 0 saturated heterocycles. The molecule has 0 aliphatic rings. The van der Waals surface area contributed by atoms with Crippen LogP contribution in [0.2, 0.25) is 0 Å². The highest BCUT2D eigenvalue weighted by Gasteiger charge is 2.11. The molecule has 4 nitrogen and oxygen atoms in total. The molecule has 0 aliphatic heterocycles. The highest BCUT2D eigenvalue weighted by atomic mass is 16.5. The van der Waals surface area contributed by atoms with Crippen LogP contribution >= 0.6 is 0 Å². The second-order valence-corrected chi connectivity index (χ2v) is 4.43. The summed E-state index contributed by atoms with van der Waals surface area (Å²) >= 11 is 0. The van der Waals surface area contributed by atoms with Crippen LogP contribution in [0.25, 0.3) is 0 Å². The number of ether oxygens (including phenoxy) is 1. The van der Waals surface area contributed by atoms with E-state index in [-0.39, 0.29) is 11.9 Å². The van der Waals surface area contributed by atoms with Crippen molar-refractivity contribution in [2.45, 2.75) is 19.9 Å². The van der Waals surface area contributed by atoms with Crippen molar-refractivity contribution in [2.24, 2.45) is 0 Å². The quantitative estimate of drug-likeness (QED) is 0.908. The van der Waals surface area contributed by atoms with Crippen LogP contribution in [0.4, 0.5) is 0 Å². The molecule has 1 atom stereocenters. The maximum absolute atomic E-state index is 12.1. The van der Waals surface area contributed by atoms with Gasteiger partial charge in [0.15, 0.2) is 0 Å². The lowest BCUT2D eigenvalue weighted by Gasteiger charge is -2.14. The van der Waals surface area contributed by atoms with E-state index in [1.54, 1.807) is 36.7 Å². The topological polar surface area (TPSA) is 51.2 Å². The molecule has 0 radical (unpaired) electrons. The first kappa shape index (κ1) is 14.1. The maximum Gasteiger partial charge on any atom is 0.251 e. The number of rotatable bonds is 5. The van der Waals surface area contributed by atoms with Crippen LogP contribution in [0.15, 0.2) is 48.8 Å². The zero-order valence-electron chi connectivity index (χ0n) is 11.7. The first-order chi connectivity index (χ1) is 9.70. The lowest BCUT2D eigenvalue weighted by Crippen LogP contribution is -2.26. The van der Waals surface area contributed by atoms with Gasteiger partial charge in [-0.2, -0.15) is 0 Å². The summed E-state index contributed by atoms with van der Waals surface area (Å²) in [5.74, 6) is 0.670. The summed E-state index contributed by atoms with van der Waals surface area (Å²) in [6, 6.07) is 10.9. The molecule has 104 valence electrons. The second-order valence-electron chi connectivity index (χ2n) is 4.43. The SMILES string of the molecule is CCOc1ccc(C(=O)NC(C)c2ccncc2)cc1. The van der Waals surface area contributed by atoms with Gasteiger partial charge in [0.05, 0.1) is 12.6 Å². The monoisotopic (exact) mass is 270 g/mol. The predicted octanol–water partition coefficient (Wildman–Crippen LogP) is 2.97. The van der Waals surface area contributed by atoms with Crippen LogP contribution in [-0.4, -0.2) is 17.5 Å². The summed E-state index contributed by atoms with van der Waals surface area (Å²) < 4.78 is 5.35. The number of carbonyl (C=O) groups excluding carboxylic acids is 1. The average molecular weight is 270 g/mol. The Hall–Kier alpha value is -2.36. The maximum atomic E-state index is 12.1. The average Bonchev–Trinajstić information content (AvgIpc) is 2.49. The lowest BCUT2D eigenvalue weighted by molar-refractivity contribution is 0.0940. The largest absolute Gasteiger partial charge is 0.494 e. The molecule has 1 unspecified atom stereocenters. The fraction of sp³-hybridized carbons (Fsp3) is 0.250. The predicted molar refractivity (Wildman–Crippen MR) is 77.7 cm³/mol. The van der Waals surface area contributed by atoms with Gasteiger partial charge < -0.3 is 10.1 Å². The Kier molecular flexibility index (Phi) is 4.71. The van der Waals surface area contributed by atoms with E-state index >= 15 is 0 Å². The second kappa shape index (κ2) is 6.70. The minimum Gasteiger partial charge on any atom is -0.494 e. The number of nitrogens with one attached hydrogen (secondary N) is 1. The van der Waals surface area contributed by atoms with Crippen molar-refractivity contribution in [1.29, 1.82) is 0 Å². The van der Waals surface area contributed by atoms with Gasteiger partial charge in [-0.3, -0.25) is 9.78 Å². The summed E-state index contributed by atoms with van der Waals surface area (Å²) in [6.07, 6.45) is 3.43. The molecule has 1 aromatic carbocycles. The van der Waals surface area contributed by atoms with Crippen LogP contribution in [0.3, 0.4) is 0 Å². The van der Waals surface area contributed by atoms with Gasteiger partial charge in [0, 0.05) is 18.0 Å². The third-order valence-electron chi connectivity index (χ3n) is 2.98. The van der Waals surface area contributed by atoms with Gasteiger partial charge in [0.1, 0.15) is 5.75 Å². The fourth-order valence-corrected chi connectivity index (χ4v) is 1.88. The molecule has 20 heavy (non-hydrogen) atoms. The minimum atomic E-state index is -0.0997. The van der Waals surface area contributed by atoms with Gasteiger partial charge >= 0.3 is 0 Å². The first-order valence-electron chi connectivity index (χ1n) is 6.64. The molecule has 1 heterocycles. The van der Waals surface area contributed by atoms with Gasteiger partial charge in [0.2, 0.25) is 0 Å². The van der Waals surface area contributed by atoms with E-state index in [2.05, 4.69) is 10.3 Å². The Morgan fingerprint density at radius 1 is 1.20 bits per heavy atom. The van der Waals surface area contributed by atoms with Crippen molar-refractivity contribution in [2.75, 3.05) is 6.61 Å². The first-order valence-corrected chi connectivity index (χ1v) is 6.64. The van der Waals surface area contributed by atoms with Crippen LogP contribution < -0.4 is 10.1 Å². The van der Waals surface area contributed by atoms with Crippen molar-refractivity contribution in [3.05, 3.63) is 59.9 Å². The Balaban J connectivity index is 2.01. The molecule has 2 aromatic rings. The van der Waals surface area contributed by atoms with E-state index in [1.807, 2.05) is 26.0 Å². The highest BCUT2D eigenvalue weighted by Crippen LogP contribution is 2.14. The van der Waals surface area contributed by atoms with Crippen molar-refractivity contribution >= 4 is 5.91 Å². The molecule has 0 saturated carbocycles. The van der Waals surface area contributed by atoms with Gasteiger partial charge in [-0.25, -0.2) is 0 Å². The lowest BCUT2D eigenvalue weighted by atomic mass is 10.1. The summed E-state index contributed by atoms with van der Waals surface area (Å²) in [4.78, 5) is 16.1. The molecule has 1 N–H and O–H groups in total. The Labute approximate surface area is 118 Å². The van der Waals surface area contributed by atoms with Gasteiger partial charge in [-0.15, -0.1) is 0 Å². The number of nitrogens with zero attached hydrogens (tertiary/aromatic N) is 1. The Bertz CT molecular complexity index is 552. The van der Waals surface area contributed by atoms with Crippen LogP contribution in [-0.2, 0) is 0 Å². The third-order valence-corrected chi connectivity index (χ3v) is 2.98. The van der Waals surface area contributed by atoms with E-state index in [0.29, 0.717) is 12.2 Å². The molecular formula is C16H18N2O2. The number of aromatic nitrogens is 1. The van der Waals surface area contributed by atoms with Crippen molar-refractivity contribution in [3.8, 4) is 5.75 Å². The van der Waals surface area contributed by atoms with E-state index < -0.39 is 0 Å². The smallest absolute Gasteiger partial charge is 0.251 e. The highest BCUT2D eigenvalue weighted by molar-refractivity contribution is 5.94. The molecule has 0 fully saturated rings. The van der Waals surface area contributed by atoms with Gasteiger partial charge in [0.25, 0.3) is 5.91 Å². The van der Waals surface area contributed by atoms with E-state index in [1.165, 1.54) is 0 Å². The fourth-order valence-electron chi connectivity index (χ4n) is 1.88. The van der Waals surface area contributed by atoms with Gasteiger partial charge in [-0.05, 0) is 55.8 Å². The molecule has 1 aromatic heterocycles. The normalized spacial score (nSPS) is 11.7. The number of carbonyl (C=O) groups is 1. The molecule has 0 bridgehead atoms. The standard InChI is InChI=1S/C16H18N2O2/c1-3-20-15-6-4-14(5-7-15)16(19)18-12(2)13-8-10-17-11-9-13/h4-12H,3H2,1-2H3,(H,18,19). The summed E-state index contributed by atoms with van der Waals surface area (Å²) in [7, 11) is 0. The zero-order valence-corrected chi connectivity index (χ0v) is 11.7. The van der Waals surface area contributed by atoms with Crippen molar-refractivity contribution in [3.63, 3.8) is 0 Å². The number of hydrogen-bond donors (Lipinski definition) is 1. The summed E-state index contributed by atoms with van der Waals surface area (Å²) in [6.45, 7) is 4.49.